The van der Waals surface area contributed by atoms with Crippen LogP contribution in [-0.2, 0) is 19.1 Å². The summed E-state index contributed by atoms with van der Waals surface area (Å²) in [5, 5.41) is 6.74. The minimum atomic E-state index is -1.04. The van der Waals surface area contributed by atoms with E-state index in [0.717, 1.165) is 10.8 Å². The van der Waals surface area contributed by atoms with Crippen LogP contribution in [0.4, 0.5) is 10.5 Å². The summed E-state index contributed by atoms with van der Waals surface area (Å²) in [5.74, 6) is -2.24. The summed E-state index contributed by atoms with van der Waals surface area (Å²) in [6.07, 6.45) is -0.189. The number of carbonyl (C=O) groups excluding carboxylic acids is 4. The van der Waals surface area contributed by atoms with Crippen molar-refractivity contribution in [1.29, 1.82) is 0 Å². The van der Waals surface area contributed by atoms with Crippen molar-refractivity contribution in [3.8, 4) is 0 Å². The molecule has 4 amide bonds. The Bertz CT molecular complexity index is 1230. The molecule has 0 saturated heterocycles. The van der Waals surface area contributed by atoms with E-state index in [9.17, 15) is 19.2 Å². The Morgan fingerprint density at radius 2 is 1.65 bits per heavy atom. The second kappa shape index (κ2) is 14.2. The lowest BCUT2D eigenvalue weighted by Crippen LogP contribution is -2.55. The summed E-state index contributed by atoms with van der Waals surface area (Å²) < 4.78 is 5.27. The number of primary amides is 1. The van der Waals surface area contributed by atoms with Crippen molar-refractivity contribution in [2.24, 2.45) is 28.1 Å². The van der Waals surface area contributed by atoms with Crippen molar-refractivity contribution in [1.82, 2.24) is 10.6 Å². The molecule has 2 rings (SSSR count). The molecule has 0 radical (unpaired) electrons. The van der Waals surface area contributed by atoms with Gasteiger partial charge in [0.05, 0.1) is 12.2 Å². The number of amides is 4. The number of ether oxygens (including phenoxy) is 1. The van der Waals surface area contributed by atoms with E-state index in [0.29, 0.717) is 12.1 Å². The first-order valence-electron chi connectivity index (χ1n) is 13.1. The van der Waals surface area contributed by atoms with Gasteiger partial charge in [0.2, 0.25) is 17.7 Å². The van der Waals surface area contributed by atoms with Crippen LogP contribution in [0.25, 0.3) is 10.8 Å². The molecule has 8 N–H and O–H groups in total. The van der Waals surface area contributed by atoms with E-state index < -0.39 is 48.0 Å². The summed E-state index contributed by atoms with van der Waals surface area (Å²) in [4.78, 5) is 57.0. The predicted molar refractivity (Wildman–Crippen MR) is 155 cm³/mol. The SMILES string of the molecule is CC(C)[C@H](NC(=O)OC(C)(C)C)C(=O)NCC(=O)N(c1cccc2ccccc12)[C@@H](CCCN=C(N)N)C(N)=O. The van der Waals surface area contributed by atoms with Gasteiger partial charge in [-0.15, -0.1) is 0 Å². The molecule has 0 saturated carbocycles. The van der Waals surface area contributed by atoms with E-state index in [2.05, 4.69) is 15.6 Å². The molecule has 0 heterocycles. The Balaban J connectivity index is 2.34. The smallest absolute Gasteiger partial charge is 0.408 e. The highest BCUT2D eigenvalue weighted by Gasteiger charge is 2.32. The molecular weight excluding hydrogens is 514 g/mol. The Hall–Kier alpha value is -4.35. The number of anilines is 1. The van der Waals surface area contributed by atoms with Crippen molar-refractivity contribution in [2.45, 2.75) is 65.1 Å². The molecule has 0 bridgehead atoms. The lowest BCUT2D eigenvalue weighted by Gasteiger charge is -2.31. The van der Waals surface area contributed by atoms with Crippen molar-refractivity contribution in [3.05, 3.63) is 42.5 Å². The first-order valence-corrected chi connectivity index (χ1v) is 13.1. The van der Waals surface area contributed by atoms with Crippen LogP contribution in [0.5, 0.6) is 0 Å². The number of guanidine groups is 1. The normalized spacial score (nSPS) is 12.8. The standard InChI is InChI=1S/C28H41N7O5/c1-17(2)23(34-27(39)40-28(3,4)5)25(38)33-16-22(36)35(21(24(29)37)14-9-15-32-26(30)31)20-13-8-11-18-10-6-7-12-19(18)20/h6-8,10-13,17,21,23H,9,14-16H2,1-5H3,(H2,29,37)(H,33,38)(H,34,39)(H4,30,31,32)/t21-,23-/m0/s1. The van der Waals surface area contributed by atoms with Crippen LogP contribution in [0, 0.1) is 5.92 Å². The molecule has 0 spiro atoms. The molecule has 2 atom stereocenters. The number of rotatable bonds is 12. The van der Waals surface area contributed by atoms with Crippen LogP contribution in [0.1, 0.15) is 47.5 Å². The molecule has 2 aromatic carbocycles. The molecule has 2 aromatic rings. The van der Waals surface area contributed by atoms with Gasteiger partial charge in [-0.2, -0.15) is 0 Å². The first kappa shape index (κ1) is 31.9. The lowest BCUT2D eigenvalue weighted by atomic mass is 10.0. The molecule has 0 aromatic heterocycles. The van der Waals surface area contributed by atoms with Gasteiger partial charge in [0.1, 0.15) is 17.7 Å². The summed E-state index contributed by atoms with van der Waals surface area (Å²) >= 11 is 0. The van der Waals surface area contributed by atoms with Gasteiger partial charge in [-0.05, 0) is 51.0 Å². The number of aliphatic imine (C=N–C) groups is 1. The minimum absolute atomic E-state index is 0.0833. The average Bonchev–Trinajstić information content (AvgIpc) is 2.85. The van der Waals surface area contributed by atoms with E-state index >= 15 is 0 Å². The Labute approximate surface area is 234 Å². The zero-order chi connectivity index (χ0) is 30.0. The van der Waals surface area contributed by atoms with Crippen molar-refractivity contribution in [2.75, 3.05) is 18.0 Å². The molecule has 0 aliphatic carbocycles. The fraction of sp³-hybridized carbons (Fsp3) is 0.464. The highest BCUT2D eigenvalue weighted by molar-refractivity contribution is 6.08. The topological polar surface area (TPSA) is 195 Å². The molecule has 12 nitrogen and oxygen atoms in total. The monoisotopic (exact) mass is 555 g/mol. The lowest BCUT2D eigenvalue weighted by molar-refractivity contribution is -0.128. The molecular formula is C28H41N7O5. The van der Waals surface area contributed by atoms with Crippen LogP contribution >= 0.6 is 0 Å². The third-order valence-electron chi connectivity index (χ3n) is 5.90. The Kier molecular flexibility index (Phi) is 11.3. The van der Waals surface area contributed by atoms with Gasteiger partial charge in [-0.3, -0.25) is 24.3 Å². The van der Waals surface area contributed by atoms with E-state index in [1.54, 1.807) is 46.8 Å². The van der Waals surface area contributed by atoms with Gasteiger partial charge in [0, 0.05) is 11.9 Å². The molecule has 0 aliphatic rings. The fourth-order valence-corrected chi connectivity index (χ4v) is 4.11. The second-order valence-electron chi connectivity index (χ2n) is 10.7. The summed E-state index contributed by atoms with van der Waals surface area (Å²) in [6.45, 7) is 8.45. The van der Waals surface area contributed by atoms with E-state index in [4.69, 9.17) is 21.9 Å². The van der Waals surface area contributed by atoms with Gasteiger partial charge in [0.15, 0.2) is 5.96 Å². The van der Waals surface area contributed by atoms with Crippen LogP contribution in [0.3, 0.4) is 0 Å². The molecule has 12 heteroatoms. The maximum absolute atomic E-state index is 13.7. The summed E-state index contributed by atoms with van der Waals surface area (Å²) in [6, 6.07) is 10.8. The fourth-order valence-electron chi connectivity index (χ4n) is 4.11. The summed E-state index contributed by atoms with van der Waals surface area (Å²) in [5.41, 5.74) is 16.3. The molecule has 0 aliphatic heterocycles. The minimum Gasteiger partial charge on any atom is -0.444 e. The third-order valence-corrected chi connectivity index (χ3v) is 5.90. The van der Waals surface area contributed by atoms with Gasteiger partial charge in [-0.1, -0.05) is 50.2 Å². The third kappa shape index (κ3) is 9.44. The number of nitrogens with two attached hydrogens (primary N) is 3. The number of nitrogens with one attached hydrogen (secondary N) is 2. The largest absolute Gasteiger partial charge is 0.444 e. The first-order chi connectivity index (χ1) is 18.7. The number of hydrogen-bond donors (Lipinski definition) is 5. The van der Waals surface area contributed by atoms with Gasteiger partial charge < -0.3 is 32.6 Å². The molecule has 40 heavy (non-hydrogen) atoms. The zero-order valence-electron chi connectivity index (χ0n) is 23.8. The molecule has 0 unspecified atom stereocenters. The van der Waals surface area contributed by atoms with Crippen LogP contribution < -0.4 is 32.7 Å². The van der Waals surface area contributed by atoms with Gasteiger partial charge in [0.25, 0.3) is 0 Å². The highest BCUT2D eigenvalue weighted by Crippen LogP contribution is 2.29. The second-order valence-corrected chi connectivity index (χ2v) is 10.7. The number of hydrogen-bond acceptors (Lipinski definition) is 6. The van der Waals surface area contributed by atoms with Gasteiger partial charge >= 0.3 is 6.09 Å². The van der Waals surface area contributed by atoms with E-state index in [1.165, 1.54) is 4.90 Å². The highest BCUT2D eigenvalue weighted by atomic mass is 16.6. The number of nitrogens with zero attached hydrogens (tertiary/aromatic N) is 2. The van der Waals surface area contributed by atoms with Crippen molar-refractivity contribution < 1.29 is 23.9 Å². The Morgan fingerprint density at radius 1 is 1.00 bits per heavy atom. The molecule has 0 fully saturated rings. The van der Waals surface area contributed by atoms with Crippen LogP contribution in [0.15, 0.2) is 47.5 Å². The van der Waals surface area contributed by atoms with Crippen molar-refractivity contribution in [3.63, 3.8) is 0 Å². The van der Waals surface area contributed by atoms with Crippen LogP contribution in [0.2, 0.25) is 0 Å². The maximum atomic E-state index is 13.7. The van der Waals surface area contributed by atoms with E-state index in [-0.39, 0.29) is 24.8 Å². The zero-order valence-corrected chi connectivity index (χ0v) is 23.8. The number of fused-ring (bicyclic) bond motifs is 1. The van der Waals surface area contributed by atoms with Crippen LogP contribution in [-0.4, -0.2) is 60.5 Å². The number of benzene rings is 2. The summed E-state index contributed by atoms with van der Waals surface area (Å²) in [7, 11) is 0. The molecule has 218 valence electrons. The predicted octanol–water partition coefficient (Wildman–Crippen LogP) is 1.75. The van der Waals surface area contributed by atoms with E-state index in [1.807, 2.05) is 30.3 Å². The number of alkyl carbamates (subject to hydrolysis) is 1. The van der Waals surface area contributed by atoms with Crippen molar-refractivity contribution >= 4 is 46.2 Å². The Morgan fingerprint density at radius 3 is 2.25 bits per heavy atom. The number of carbonyl (C=O) groups is 4. The van der Waals surface area contributed by atoms with Gasteiger partial charge in [-0.25, -0.2) is 4.79 Å². The average molecular weight is 556 g/mol. The maximum Gasteiger partial charge on any atom is 0.408 e. The quantitative estimate of drug-likeness (QED) is 0.149.